The molecule has 0 atom stereocenters. The third-order valence-electron chi connectivity index (χ3n) is 5.40. The van der Waals surface area contributed by atoms with Gasteiger partial charge in [-0.1, -0.05) is 36.4 Å². The molecule has 0 amide bonds. The zero-order valence-corrected chi connectivity index (χ0v) is 17.4. The van der Waals surface area contributed by atoms with Crippen molar-refractivity contribution >= 4 is 16.6 Å². The molecule has 3 aromatic carbocycles. The summed E-state index contributed by atoms with van der Waals surface area (Å²) in [7, 11) is 0. The standard InChI is InChI=1S/C27H18F3N3/c28-21-5-1-3-18(12-21)23-8-7-17(11-25(23)30)15-33-27-24-16-32-26(14-19(24)9-10-31-27)20-4-2-6-22(29)13-20/h1-14,16H,15H2,(H,31,33). The summed E-state index contributed by atoms with van der Waals surface area (Å²) >= 11 is 0. The van der Waals surface area contributed by atoms with Crippen molar-refractivity contribution in [2.24, 2.45) is 0 Å². The Morgan fingerprint density at radius 3 is 2.24 bits per heavy atom. The molecule has 5 rings (SSSR count). The number of aromatic nitrogens is 2. The summed E-state index contributed by atoms with van der Waals surface area (Å²) in [4.78, 5) is 8.85. The van der Waals surface area contributed by atoms with Crippen molar-refractivity contribution < 1.29 is 13.2 Å². The molecule has 2 aromatic heterocycles. The maximum Gasteiger partial charge on any atom is 0.135 e. The second-order valence-corrected chi connectivity index (χ2v) is 7.64. The van der Waals surface area contributed by atoms with Gasteiger partial charge in [0.2, 0.25) is 0 Å². The van der Waals surface area contributed by atoms with Crippen molar-refractivity contribution in [2.75, 3.05) is 5.32 Å². The molecule has 0 spiro atoms. The number of nitrogens with zero attached hydrogens (tertiary/aromatic N) is 2. The maximum absolute atomic E-state index is 14.7. The fourth-order valence-electron chi connectivity index (χ4n) is 3.76. The molecule has 0 bridgehead atoms. The van der Waals surface area contributed by atoms with Gasteiger partial charge in [-0.3, -0.25) is 4.98 Å². The average molecular weight is 441 g/mol. The van der Waals surface area contributed by atoms with E-state index in [1.807, 2.05) is 12.1 Å². The molecule has 0 aliphatic carbocycles. The topological polar surface area (TPSA) is 37.8 Å². The zero-order valence-electron chi connectivity index (χ0n) is 17.4. The van der Waals surface area contributed by atoms with Gasteiger partial charge in [0.15, 0.2) is 0 Å². The molecule has 2 heterocycles. The molecule has 0 saturated carbocycles. The third-order valence-corrected chi connectivity index (χ3v) is 5.40. The zero-order chi connectivity index (χ0) is 22.8. The van der Waals surface area contributed by atoms with Gasteiger partial charge in [0.1, 0.15) is 23.3 Å². The fourth-order valence-corrected chi connectivity index (χ4v) is 3.76. The fraction of sp³-hybridized carbons (Fsp3) is 0.0370. The van der Waals surface area contributed by atoms with Gasteiger partial charge in [0.05, 0.1) is 5.69 Å². The Balaban J connectivity index is 1.38. The van der Waals surface area contributed by atoms with E-state index < -0.39 is 11.6 Å². The molecule has 5 aromatic rings. The SMILES string of the molecule is Fc1cccc(-c2cc3ccnc(NCc4ccc(-c5cccc(F)c5)c(F)c4)c3cn2)c1. The number of nitrogens with one attached hydrogen (secondary N) is 1. The molecule has 0 radical (unpaired) electrons. The van der Waals surface area contributed by atoms with Gasteiger partial charge in [-0.2, -0.15) is 0 Å². The predicted octanol–water partition coefficient (Wildman–Crippen LogP) is 6.99. The van der Waals surface area contributed by atoms with Crippen LogP contribution in [0.5, 0.6) is 0 Å². The minimum absolute atomic E-state index is 0.317. The van der Waals surface area contributed by atoms with Crippen LogP contribution in [-0.4, -0.2) is 9.97 Å². The summed E-state index contributed by atoms with van der Waals surface area (Å²) in [6.45, 7) is 0.345. The number of rotatable bonds is 5. The Hall–Kier alpha value is -4.19. The molecule has 0 aliphatic rings. The van der Waals surface area contributed by atoms with Crippen LogP contribution < -0.4 is 5.32 Å². The lowest BCUT2D eigenvalue weighted by atomic mass is 10.0. The van der Waals surface area contributed by atoms with Crippen molar-refractivity contribution in [1.29, 1.82) is 0 Å². The highest BCUT2D eigenvalue weighted by Gasteiger charge is 2.09. The maximum atomic E-state index is 14.7. The summed E-state index contributed by atoms with van der Waals surface area (Å²) in [5.74, 6) is -0.538. The minimum Gasteiger partial charge on any atom is -0.365 e. The van der Waals surface area contributed by atoms with Crippen LogP contribution in [0, 0.1) is 17.5 Å². The van der Waals surface area contributed by atoms with E-state index >= 15 is 0 Å². The van der Waals surface area contributed by atoms with Crippen LogP contribution in [0.3, 0.4) is 0 Å². The number of fused-ring (bicyclic) bond motifs is 1. The Morgan fingerprint density at radius 1 is 0.727 bits per heavy atom. The molecular weight excluding hydrogens is 423 g/mol. The molecule has 0 unspecified atom stereocenters. The molecule has 162 valence electrons. The highest BCUT2D eigenvalue weighted by Crippen LogP contribution is 2.27. The van der Waals surface area contributed by atoms with Gasteiger partial charge < -0.3 is 5.32 Å². The molecule has 3 nitrogen and oxygen atoms in total. The van der Waals surface area contributed by atoms with E-state index in [1.54, 1.807) is 48.8 Å². The molecule has 0 aliphatic heterocycles. The highest BCUT2D eigenvalue weighted by atomic mass is 19.1. The van der Waals surface area contributed by atoms with E-state index in [1.165, 1.54) is 30.3 Å². The van der Waals surface area contributed by atoms with E-state index in [9.17, 15) is 13.2 Å². The van der Waals surface area contributed by atoms with Crippen molar-refractivity contribution in [3.63, 3.8) is 0 Å². The van der Waals surface area contributed by atoms with Crippen LogP contribution >= 0.6 is 0 Å². The number of pyridine rings is 2. The Labute approximate surface area is 188 Å². The van der Waals surface area contributed by atoms with Crippen molar-refractivity contribution in [1.82, 2.24) is 9.97 Å². The quantitative estimate of drug-likeness (QED) is 0.319. The van der Waals surface area contributed by atoms with Crippen LogP contribution in [0.1, 0.15) is 5.56 Å². The Kier molecular flexibility index (Phi) is 5.48. The van der Waals surface area contributed by atoms with Crippen molar-refractivity contribution in [3.05, 3.63) is 114 Å². The molecular formula is C27H18F3N3. The monoisotopic (exact) mass is 441 g/mol. The summed E-state index contributed by atoms with van der Waals surface area (Å²) in [6.07, 6.45) is 3.37. The van der Waals surface area contributed by atoms with Crippen LogP contribution in [-0.2, 0) is 6.54 Å². The van der Waals surface area contributed by atoms with Gasteiger partial charge >= 0.3 is 0 Å². The van der Waals surface area contributed by atoms with E-state index in [2.05, 4.69) is 15.3 Å². The van der Waals surface area contributed by atoms with Gasteiger partial charge in [-0.05, 0) is 59.0 Å². The minimum atomic E-state index is -0.424. The first-order valence-electron chi connectivity index (χ1n) is 10.4. The van der Waals surface area contributed by atoms with Crippen LogP contribution in [0.15, 0.2) is 91.3 Å². The first-order chi connectivity index (χ1) is 16.1. The van der Waals surface area contributed by atoms with E-state index in [0.29, 0.717) is 34.7 Å². The normalized spacial score (nSPS) is 11.0. The highest BCUT2D eigenvalue weighted by molar-refractivity contribution is 5.93. The number of halogens is 3. The summed E-state index contributed by atoms with van der Waals surface area (Å²) < 4.78 is 41.7. The lowest BCUT2D eigenvalue weighted by molar-refractivity contribution is 0.624. The third kappa shape index (κ3) is 4.41. The van der Waals surface area contributed by atoms with Gasteiger partial charge in [-0.15, -0.1) is 0 Å². The average Bonchev–Trinajstić information content (AvgIpc) is 2.82. The van der Waals surface area contributed by atoms with Crippen LogP contribution in [0.4, 0.5) is 19.0 Å². The second-order valence-electron chi connectivity index (χ2n) is 7.64. The molecule has 6 heteroatoms. The first-order valence-corrected chi connectivity index (χ1v) is 10.4. The summed E-state index contributed by atoms with van der Waals surface area (Å²) in [6, 6.07) is 20.8. The number of hydrogen-bond donors (Lipinski definition) is 1. The predicted molar refractivity (Wildman–Crippen MR) is 124 cm³/mol. The van der Waals surface area contributed by atoms with Gasteiger partial charge in [0.25, 0.3) is 0 Å². The number of anilines is 1. The summed E-state index contributed by atoms with van der Waals surface area (Å²) in [5, 5.41) is 4.93. The lowest BCUT2D eigenvalue weighted by Gasteiger charge is -2.11. The Morgan fingerprint density at radius 2 is 1.48 bits per heavy atom. The number of hydrogen-bond acceptors (Lipinski definition) is 3. The van der Waals surface area contributed by atoms with E-state index in [0.717, 1.165) is 16.3 Å². The Bertz CT molecular complexity index is 1470. The first kappa shape index (κ1) is 20.7. The van der Waals surface area contributed by atoms with E-state index in [4.69, 9.17) is 0 Å². The molecule has 33 heavy (non-hydrogen) atoms. The van der Waals surface area contributed by atoms with Crippen LogP contribution in [0.25, 0.3) is 33.2 Å². The molecule has 0 fully saturated rings. The van der Waals surface area contributed by atoms with E-state index in [-0.39, 0.29) is 5.82 Å². The number of benzene rings is 3. The molecule has 1 N–H and O–H groups in total. The van der Waals surface area contributed by atoms with Crippen molar-refractivity contribution in [2.45, 2.75) is 6.54 Å². The lowest BCUT2D eigenvalue weighted by Crippen LogP contribution is -2.03. The largest absolute Gasteiger partial charge is 0.365 e. The summed E-state index contributed by atoms with van der Waals surface area (Å²) in [5.41, 5.74) is 2.90. The second kappa shape index (κ2) is 8.74. The van der Waals surface area contributed by atoms with Crippen molar-refractivity contribution in [3.8, 4) is 22.4 Å². The van der Waals surface area contributed by atoms with Gasteiger partial charge in [-0.25, -0.2) is 18.2 Å². The molecule has 0 saturated heterocycles. The van der Waals surface area contributed by atoms with Crippen LogP contribution in [0.2, 0.25) is 0 Å². The smallest absolute Gasteiger partial charge is 0.135 e. The van der Waals surface area contributed by atoms with Gasteiger partial charge in [0, 0.05) is 35.5 Å².